The van der Waals surface area contributed by atoms with E-state index in [-0.39, 0.29) is 0 Å². The second kappa shape index (κ2) is 5.52. The molecule has 0 saturated carbocycles. The number of halogens is 3. The minimum absolute atomic E-state index is 0.444. The van der Waals surface area contributed by atoms with Crippen LogP contribution in [0.5, 0.6) is 0 Å². The molecule has 2 aromatic rings. The number of rotatable bonds is 3. The summed E-state index contributed by atoms with van der Waals surface area (Å²) in [7, 11) is 0. The van der Waals surface area contributed by atoms with E-state index in [0.717, 1.165) is 29.7 Å². The lowest BCUT2D eigenvalue weighted by Crippen LogP contribution is -2.01. The quantitative estimate of drug-likeness (QED) is 0.789. The standard InChI is InChI=1S/C13H13Cl3N2/c1-3-7-5-10(17-4-2)11-12(16)8(14)6-9(15)13(11)18-7/h5-6H,3-4H2,1-2H3,(H,17,18). The van der Waals surface area contributed by atoms with Crippen molar-refractivity contribution in [2.24, 2.45) is 0 Å². The van der Waals surface area contributed by atoms with Crippen LogP contribution < -0.4 is 5.32 Å². The molecular weight excluding hydrogens is 291 g/mol. The van der Waals surface area contributed by atoms with Gasteiger partial charge in [0.15, 0.2) is 0 Å². The van der Waals surface area contributed by atoms with E-state index >= 15 is 0 Å². The Morgan fingerprint density at radius 2 is 1.83 bits per heavy atom. The third-order valence-corrected chi connectivity index (χ3v) is 3.79. The predicted octanol–water partition coefficient (Wildman–Crippen LogP) is 5.19. The maximum atomic E-state index is 6.26. The van der Waals surface area contributed by atoms with Gasteiger partial charge >= 0.3 is 0 Å². The van der Waals surface area contributed by atoms with Gasteiger partial charge in [-0.2, -0.15) is 0 Å². The molecule has 0 atom stereocenters. The highest BCUT2D eigenvalue weighted by Crippen LogP contribution is 2.39. The van der Waals surface area contributed by atoms with Gasteiger partial charge in [0.25, 0.3) is 0 Å². The summed E-state index contributed by atoms with van der Waals surface area (Å²) < 4.78 is 0. The molecule has 18 heavy (non-hydrogen) atoms. The van der Waals surface area contributed by atoms with Crippen LogP contribution >= 0.6 is 34.8 Å². The summed E-state index contributed by atoms with van der Waals surface area (Å²) in [6.07, 6.45) is 0.838. The topological polar surface area (TPSA) is 24.9 Å². The zero-order valence-electron chi connectivity index (χ0n) is 10.2. The lowest BCUT2D eigenvalue weighted by atomic mass is 10.1. The SMILES string of the molecule is CCNc1cc(CC)nc2c(Cl)cc(Cl)c(Cl)c12. The fourth-order valence-electron chi connectivity index (χ4n) is 1.87. The van der Waals surface area contributed by atoms with Crippen molar-refractivity contribution < 1.29 is 0 Å². The summed E-state index contributed by atoms with van der Waals surface area (Å²) in [5.41, 5.74) is 2.59. The van der Waals surface area contributed by atoms with Gasteiger partial charge in [0.05, 0.1) is 20.6 Å². The summed E-state index contributed by atoms with van der Waals surface area (Å²) in [5, 5.41) is 5.52. The molecule has 0 aliphatic carbocycles. The van der Waals surface area contributed by atoms with Crippen molar-refractivity contribution in [1.29, 1.82) is 0 Å². The van der Waals surface area contributed by atoms with Crippen LogP contribution in [0.2, 0.25) is 15.1 Å². The maximum Gasteiger partial charge on any atom is 0.0928 e. The molecule has 0 aliphatic rings. The highest BCUT2D eigenvalue weighted by atomic mass is 35.5. The van der Waals surface area contributed by atoms with Gasteiger partial charge in [0.1, 0.15) is 0 Å². The van der Waals surface area contributed by atoms with Crippen LogP contribution in [-0.4, -0.2) is 11.5 Å². The summed E-state index contributed by atoms with van der Waals surface area (Å²) in [5.74, 6) is 0. The third-order valence-electron chi connectivity index (χ3n) is 2.71. The van der Waals surface area contributed by atoms with Crippen LogP contribution in [0.4, 0.5) is 5.69 Å². The Morgan fingerprint density at radius 3 is 2.44 bits per heavy atom. The monoisotopic (exact) mass is 302 g/mol. The van der Waals surface area contributed by atoms with E-state index in [1.54, 1.807) is 6.07 Å². The molecule has 0 saturated heterocycles. The summed E-state index contributed by atoms with van der Waals surface area (Å²) in [6.45, 7) is 4.87. The van der Waals surface area contributed by atoms with E-state index in [2.05, 4.69) is 17.2 Å². The Morgan fingerprint density at radius 1 is 1.11 bits per heavy atom. The molecule has 0 fully saturated rings. The molecule has 5 heteroatoms. The molecule has 1 aromatic carbocycles. The van der Waals surface area contributed by atoms with Gasteiger partial charge in [0, 0.05) is 23.3 Å². The smallest absolute Gasteiger partial charge is 0.0928 e. The van der Waals surface area contributed by atoms with Crippen molar-refractivity contribution in [3.8, 4) is 0 Å². The number of aryl methyl sites for hydroxylation is 1. The molecule has 1 aromatic heterocycles. The first-order valence-corrected chi connectivity index (χ1v) is 6.92. The number of fused-ring (bicyclic) bond motifs is 1. The van der Waals surface area contributed by atoms with Crippen LogP contribution in [0.15, 0.2) is 12.1 Å². The predicted molar refractivity (Wildman–Crippen MR) is 80.3 cm³/mol. The minimum Gasteiger partial charge on any atom is -0.385 e. The van der Waals surface area contributed by atoms with Gasteiger partial charge < -0.3 is 5.32 Å². The molecule has 2 rings (SSSR count). The van der Waals surface area contributed by atoms with Crippen molar-refractivity contribution in [2.75, 3.05) is 11.9 Å². The zero-order valence-corrected chi connectivity index (χ0v) is 12.4. The number of aromatic nitrogens is 1. The van der Waals surface area contributed by atoms with E-state index in [1.165, 1.54) is 0 Å². The van der Waals surface area contributed by atoms with Crippen molar-refractivity contribution in [2.45, 2.75) is 20.3 Å². The van der Waals surface area contributed by atoms with E-state index in [4.69, 9.17) is 34.8 Å². The van der Waals surface area contributed by atoms with Gasteiger partial charge in [-0.05, 0) is 25.5 Å². The Hall–Kier alpha value is -0.700. The number of nitrogens with zero attached hydrogens (tertiary/aromatic N) is 1. The van der Waals surface area contributed by atoms with Crippen molar-refractivity contribution >= 4 is 51.4 Å². The molecule has 0 aliphatic heterocycles. The van der Waals surface area contributed by atoms with E-state index < -0.39 is 0 Å². The van der Waals surface area contributed by atoms with E-state index in [9.17, 15) is 0 Å². The Labute approximate surface area is 121 Å². The highest BCUT2D eigenvalue weighted by molar-refractivity contribution is 6.48. The van der Waals surface area contributed by atoms with Gasteiger partial charge in [-0.3, -0.25) is 4.98 Å². The minimum atomic E-state index is 0.444. The van der Waals surface area contributed by atoms with Crippen LogP contribution in [-0.2, 0) is 6.42 Å². The molecule has 2 nitrogen and oxygen atoms in total. The average molecular weight is 304 g/mol. The number of anilines is 1. The van der Waals surface area contributed by atoms with Crippen LogP contribution in [0.25, 0.3) is 10.9 Å². The molecule has 0 amide bonds. The molecule has 96 valence electrons. The Balaban J connectivity index is 2.86. The number of benzene rings is 1. The Bertz CT molecular complexity index is 597. The summed E-state index contributed by atoms with van der Waals surface area (Å²) >= 11 is 18.5. The molecule has 0 unspecified atom stereocenters. The van der Waals surface area contributed by atoms with Crippen molar-refractivity contribution in [3.05, 3.63) is 32.9 Å². The molecule has 1 N–H and O–H groups in total. The first-order valence-electron chi connectivity index (χ1n) is 5.79. The molecule has 0 bridgehead atoms. The first-order chi connectivity index (χ1) is 8.58. The number of hydrogen-bond donors (Lipinski definition) is 1. The van der Waals surface area contributed by atoms with Crippen molar-refractivity contribution in [1.82, 2.24) is 4.98 Å². The second-order valence-corrected chi connectivity index (χ2v) is 5.12. The van der Waals surface area contributed by atoms with Crippen LogP contribution in [0.1, 0.15) is 19.5 Å². The zero-order chi connectivity index (χ0) is 13.3. The lowest BCUT2D eigenvalue weighted by molar-refractivity contribution is 1.05. The van der Waals surface area contributed by atoms with Crippen LogP contribution in [0.3, 0.4) is 0 Å². The average Bonchev–Trinajstić information content (AvgIpc) is 2.35. The first kappa shape index (κ1) is 13.7. The van der Waals surface area contributed by atoms with Crippen molar-refractivity contribution in [3.63, 3.8) is 0 Å². The van der Waals surface area contributed by atoms with Gasteiger partial charge in [0.2, 0.25) is 0 Å². The fourth-order valence-corrected chi connectivity index (χ4v) is 2.62. The molecular formula is C13H13Cl3N2. The van der Waals surface area contributed by atoms with Crippen LogP contribution in [0, 0.1) is 0 Å². The molecule has 0 radical (unpaired) electrons. The molecule has 0 spiro atoms. The van der Waals surface area contributed by atoms with E-state index in [1.807, 2.05) is 13.0 Å². The van der Waals surface area contributed by atoms with Gasteiger partial charge in [-0.15, -0.1) is 0 Å². The lowest BCUT2D eigenvalue weighted by Gasteiger charge is -2.13. The fraction of sp³-hybridized carbons (Fsp3) is 0.308. The number of pyridine rings is 1. The summed E-state index contributed by atoms with van der Waals surface area (Å²) in [4.78, 5) is 4.52. The third kappa shape index (κ3) is 2.37. The largest absolute Gasteiger partial charge is 0.385 e. The molecule has 1 heterocycles. The van der Waals surface area contributed by atoms with E-state index in [0.29, 0.717) is 20.6 Å². The number of nitrogens with one attached hydrogen (secondary N) is 1. The second-order valence-electron chi connectivity index (χ2n) is 3.92. The Kier molecular flexibility index (Phi) is 4.21. The maximum absolute atomic E-state index is 6.26. The normalized spacial score (nSPS) is 10.9. The van der Waals surface area contributed by atoms with Gasteiger partial charge in [-0.25, -0.2) is 0 Å². The van der Waals surface area contributed by atoms with Gasteiger partial charge in [-0.1, -0.05) is 41.7 Å². The summed E-state index contributed by atoms with van der Waals surface area (Å²) in [6, 6.07) is 3.63. The highest BCUT2D eigenvalue weighted by Gasteiger charge is 2.14. The number of hydrogen-bond acceptors (Lipinski definition) is 2.